The van der Waals surface area contributed by atoms with E-state index in [9.17, 15) is 9.59 Å². The maximum absolute atomic E-state index is 12.3. The molecule has 2 amide bonds. The minimum Gasteiger partial charge on any atom is -0.296 e. The summed E-state index contributed by atoms with van der Waals surface area (Å²) in [5.74, 6) is -0.357. The maximum atomic E-state index is 12.3. The first-order chi connectivity index (χ1) is 12.0. The van der Waals surface area contributed by atoms with Crippen molar-refractivity contribution in [3.63, 3.8) is 0 Å². The van der Waals surface area contributed by atoms with E-state index in [-0.39, 0.29) is 30.2 Å². The smallest absolute Gasteiger partial charge is 0.257 e. The molecule has 1 heterocycles. The molecule has 1 aliphatic heterocycles. The van der Waals surface area contributed by atoms with Crippen molar-refractivity contribution in [3.05, 3.63) is 70.2 Å². The van der Waals surface area contributed by atoms with Crippen molar-refractivity contribution >= 4 is 29.4 Å². The molecule has 6 heteroatoms. The Hall–Kier alpha value is -2.66. The topological polar surface area (TPSA) is 70.6 Å². The fourth-order valence-corrected chi connectivity index (χ4v) is 2.73. The van der Waals surface area contributed by atoms with Crippen molar-refractivity contribution in [3.8, 4) is 0 Å². The summed E-state index contributed by atoms with van der Waals surface area (Å²) in [6.07, 6.45) is 1.21. The number of amides is 2. The number of carbonyl (C=O) groups excluding carboxylic acids is 2. The Morgan fingerprint density at radius 1 is 1.20 bits per heavy atom. The summed E-state index contributed by atoms with van der Waals surface area (Å²) in [5, 5.41) is 5.80. The number of aliphatic imine (C=N–C) groups is 1. The highest BCUT2D eigenvalue weighted by Gasteiger charge is 2.23. The Kier molecular flexibility index (Phi) is 5.14. The number of nitrogens with zero attached hydrogens (tertiary/aromatic N) is 1. The molecule has 5 nitrogen and oxygen atoms in total. The van der Waals surface area contributed by atoms with Gasteiger partial charge in [0.05, 0.1) is 12.5 Å². The van der Waals surface area contributed by atoms with Gasteiger partial charge in [-0.15, -0.1) is 0 Å². The molecule has 25 heavy (non-hydrogen) atoms. The number of carbonyl (C=O) groups is 2. The van der Waals surface area contributed by atoms with E-state index in [0.717, 1.165) is 12.0 Å². The molecule has 128 valence electrons. The lowest BCUT2D eigenvalue weighted by Crippen LogP contribution is -2.47. The highest BCUT2D eigenvalue weighted by Crippen LogP contribution is 2.24. The van der Waals surface area contributed by atoms with Gasteiger partial charge in [0.2, 0.25) is 11.9 Å². The largest absolute Gasteiger partial charge is 0.296 e. The Morgan fingerprint density at radius 2 is 1.88 bits per heavy atom. The van der Waals surface area contributed by atoms with Gasteiger partial charge in [-0.3, -0.25) is 20.2 Å². The molecule has 0 fully saturated rings. The number of halogens is 1. The molecular formula is C19H18ClN3O2. The van der Waals surface area contributed by atoms with Gasteiger partial charge in [-0.1, -0.05) is 42.8 Å². The average Bonchev–Trinajstić information content (AvgIpc) is 2.62. The number of rotatable bonds is 3. The first-order valence-corrected chi connectivity index (χ1v) is 8.46. The minimum absolute atomic E-state index is 0.167. The predicted molar refractivity (Wildman–Crippen MR) is 97.7 cm³/mol. The van der Waals surface area contributed by atoms with E-state index in [4.69, 9.17) is 11.6 Å². The molecule has 0 saturated carbocycles. The molecule has 2 aromatic rings. The lowest BCUT2D eigenvalue weighted by Gasteiger charge is -2.21. The second kappa shape index (κ2) is 7.49. The van der Waals surface area contributed by atoms with Crippen LogP contribution in [0.2, 0.25) is 5.02 Å². The fraction of sp³-hybridized carbons (Fsp3) is 0.211. The molecule has 2 N–H and O–H groups in total. The summed E-state index contributed by atoms with van der Waals surface area (Å²) in [5.41, 5.74) is 2.62. The SMILES string of the molecule is CCc1ccc([C@@H]2CC(=O)NC(NC(=O)c3ccc(Cl)cc3)=N2)cc1. The van der Waals surface area contributed by atoms with Crippen LogP contribution in [0.15, 0.2) is 53.5 Å². The summed E-state index contributed by atoms with van der Waals surface area (Å²) < 4.78 is 0. The van der Waals surface area contributed by atoms with Crippen LogP contribution < -0.4 is 10.6 Å². The van der Waals surface area contributed by atoms with Crippen molar-refractivity contribution in [2.75, 3.05) is 0 Å². The highest BCUT2D eigenvalue weighted by molar-refractivity contribution is 6.30. The molecule has 0 aromatic heterocycles. The lowest BCUT2D eigenvalue weighted by molar-refractivity contribution is -0.120. The van der Waals surface area contributed by atoms with Gasteiger partial charge in [-0.2, -0.15) is 0 Å². The molecule has 1 atom stereocenters. The molecule has 0 spiro atoms. The van der Waals surface area contributed by atoms with Gasteiger partial charge in [0.1, 0.15) is 0 Å². The summed E-state index contributed by atoms with van der Waals surface area (Å²) in [4.78, 5) is 28.7. The Balaban J connectivity index is 1.77. The molecule has 2 aromatic carbocycles. The molecule has 0 saturated heterocycles. The van der Waals surface area contributed by atoms with E-state index < -0.39 is 0 Å². The molecule has 1 aliphatic rings. The minimum atomic E-state index is -0.349. The van der Waals surface area contributed by atoms with Crippen molar-refractivity contribution in [2.24, 2.45) is 4.99 Å². The third kappa shape index (κ3) is 4.25. The third-order valence-electron chi connectivity index (χ3n) is 4.03. The Morgan fingerprint density at radius 3 is 2.52 bits per heavy atom. The fourth-order valence-electron chi connectivity index (χ4n) is 2.60. The van der Waals surface area contributed by atoms with Gasteiger partial charge in [-0.05, 0) is 41.8 Å². The van der Waals surface area contributed by atoms with Crippen molar-refractivity contribution in [1.29, 1.82) is 0 Å². The summed E-state index contributed by atoms with van der Waals surface area (Å²) in [7, 11) is 0. The number of hydrogen-bond acceptors (Lipinski definition) is 3. The Bertz CT molecular complexity index is 814. The maximum Gasteiger partial charge on any atom is 0.257 e. The number of aryl methyl sites for hydroxylation is 1. The van der Waals surface area contributed by atoms with Gasteiger partial charge >= 0.3 is 0 Å². The van der Waals surface area contributed by atoms with Crippen LogP contribution >= 0.6 is 11.6 Å². The van der Waals surface area contributed by atoms with Crippen LogP contribution in [0.5, 0.6) is 0 Å². The van der Waals surface area contributed by atoms with Crippen LogP contribution in [0.1, 0.15) is 40.9 Å². The van der Waals surface area contributed by atoms with Crippen molar-refractivity contribution in [1.82, 2.24) is 10.6 Å². The zero-order chi connectivity index (χ0) is 17.8. The standard InChI is InChI=1S/C19H18ClN3O2/c1-2-12-3-5-13(6-4-12)16-11-17(24)22-19(21-16)23-18(25)14-7-9-15(20)10-8-14/h3-10,16H,2,11H2,1H3,(H2,21,22,23,24,25)/t16-/m0/s1. The first kappa shape index (κ1) is 17.2. The summed E-state index contributed by atoms with van der Waals surface area (Å²) >= 11 is 5.82. The quantitative estimate of drug-likeness (QED) is 0.887. The summed E-state index contributed by atoms with van der Waals surface area (Å²) in [6, 6.07) is 14.2. The molecular weight excluding hydrogens is 338 g/mol. The van der Waals surface area contributed by atoms with Crippen LogP contribution in [0.25, 0.3) is 0 Å². The predicted octanol–water partition coefficient (Wildman–Crippen LogP) is 3.25. The average molecular weight is 356 g/mol. The van der Waals surface area contributed by atoms with Gasteiger partial charge in [0, 0.05) is 10.6 Å². The number of nitrogens with one attached hydrogen (secondary N) is 2. The number of guanidine groups is 1. The highest BCUT2D eigenvalue weighted by atomic mass is 35.5. The first-order valence-electron chi connectivity index (χ1n) is 8.08. The van der Waals surface area contributed by atoms with E-state index >= 15 is 0 Å². The van der Waals surface area contributed by atoms with E-state index in [1.54, 1.807) is 24.3 Å². The van der Waals surface area contributed by atoms with Crippen LogP contribution in [0.4, 0.5) is 0 Å². The van der Waals surface area contributed by atoms with Crippen molar-refractivity contribution in [2.45, 2.75) is 25.8 Å². The van der Waals surface area contributed by atoms with Crippen LogP contribution in [-0.2, 0) is 11.2 Å². The zero-order valence-corrected chi connectivity index (χ0v) is 14.5. The monoisotopic (exact) mass is 355 g/mol. The molecule has 0 aliphatic carbocycles. The van der Waals surface area contributed by atoms with E-state index in [0.29, 0.717) is 10.6 Å². The van der Waals surface area contributed by atoms with Gasteiger partial charge < -0.3 is 0 Å². The Labute approximate surface area is 151 Å². The number of benzene rings is 2. The van der Waals surface area contributed by atoms with Crippen molar-refractivity contribution < 1.29 is 9.59 Å². The van der Waals surface area contributed by atoms with E-state index in [1.807, 2.05) is 24.3 Å². The number of hydrogen-bond donors (Lipinski definition) is 2. The van der Waals surface area contributed by atoms with Crippen LogP contribution in [0.3, 0.4) is 0 Å². The third-order valence-corrected chi connectivity index (χ3v) is 4.28. The van der Waals surface area contributed by atoms with E-state index in [1.165, 1.54) is 5.56 Å². The summed E-state index contributed by atoms with van der Waals surface area (Å²) in [6.45, 7) is 2.09. The lowest BCUT2D eigenvalue weighted by atomic mass is 10.0. The molecule has 3 rings (SSSR count). The normalized spacial score (nSPS) is 16.8. The molecule has 0 radical (unpaired) electrons. The zero-order valence-electron chi connectivity index (χ0n) is 13.8. The van der Waals surface area contributed by atoms with Gasteiger partial charge in [0.15, 0.2) is 0 Å². The second-order valence-corrected chi connectivity index (χ2v) is 6.24. The molecule has 0 bridgehead atoms. The van der Waals surface area contributed by atoms with Crippen LogP contribution in [-0.4, -0.2) is 17.8 Å². The van der Waals surface area contributed by atoms with Crippen LogP contribution in [0, 0.1) is 0 Å². The second-order valence-electron chi connectivity index (χ2n) is 5.80. The molecule has 0 unspecified atom stereocenters. The van der Waals surface area contributed by atoms with Gasteiger partial charge in [0.25, 0.3) is 5.91 Å². The van der Waals surface area contributed by atoms with E-state index in [2.05, 4.69) is 22.5 Å². The van der Waals surface area contributed by atoms with Gasteiger partial charge in [-0.25, -0.2) is 4.99 Å².